The second-order valence-electron chi connectivity index (χ2n) is 9.58. The highest BCUT2D eigenvalue weighted by molar-refractivity contribution is 6.35. The number of aryl methyl sites for hydroxylation is 2. The van der Waals surface area contributed by atoms with Crippen LogP contribution in [0.2, 0.25) is 10.0 Å². The van der Waals surface area contributed by atoms with E-state index < -0.39 is 5.97 Å². The molecule has 0 unspecified atom stereocenters. The van der Waals surface area contributed by atoms with E-state index in [-0.39, 0.29) is 12.5 Å². The summed E-state index contributed by atoms with van der Waals surface area (Å²) in [4.78, 5) is 11.1. The molecule has 0 spiro atoms. The average Bonchev–Trinajstić information content (AvgIpc) is 3.32. The van der Waals surface area contributed by atoms with Crippen LogP contribution in [0.5, 0.6) is 17.4 Å². The number of aliphatic carboxylic acids is 1. The van der Waals surface area contributed by atoms with Gasteiger partial charge < -0.3 is 19.3 Å². The lowest BCUT2D eigenvalue weighted by Crippen LogP contribution is -2.07. The maximum absolute atomic E-state index is 11.1. The fourth-order valence-corrected chi connectivity index (χ4v) is 4.64. The summed E-state index contributed by atoms with van der Waals surface area (Å²) in [5, 5.41) is 14.7. The minimum absolute atomic E-state index is 0.0169. The van der Waals surface area contributed by atoms with Gasteiger partial charge in [0.15, 0.2) is 0 Å². The van der Waals surface area contributed by atoms with E-state index in [1.165, 1.54) is 0 Å². The van der Waals surface area contributed by atoms with Crippen LogP contribution in [0.1, 0.15) is 43.5 Å². The first-order valence-electron chi connectivity index (χ1n) is 13.1. The van der Waals surface area contributed by atoms with Crippen molar-refractivity contribution in [2.24, 2.45) is 0 Å². The van der Waals surface area contributed by atoms with Crippen molar-refractivity contribution < 1.29 is 24.1 Å². The van der Waals surface area contributed by atoms with Crippen molar-refractivity contribution in [2.45, 2.75) is 52.2 Å². The molecule has 0 amide bonds. The Bertz CT molecular complexity index is 1420. The van der Waals surface area contributed by atoms with Crippen LogP contribution in [0.25, 0.3) is 5.69 Å². The van der Waals surface area contributed by atoms with E-state index in [4.69, 9.17) is 42.5 Å². The monoisotopic (exact) mass is 582 g/mol. The van der Waals surface area contributed by atoms with Crippen LogP contribution in [-0.4, -0.2) is 33.6 Å². The maximum Gasteiger partial charge on any atom is 0.303 e. The van der Waals surface area contributed by atoms with E-state index in [0.717, 1.165) is 41.1 Å². The molecule has 40 heavy (non-hydrogen) atoms. The lowest BCUT2D eigenvalue weighted by Gasteiger charge is -2.15. The summed E-state index contributed by atoms with van der Waals surface area (Å²) in [7, 11) is 0. The zero-order valence-electron chi connectivity index (χ0n) is 22.5. The van der Waals surface area contributed by atoms with Crippen molar-refractivity contribution in [1.82, 2.24) is 9.78 Å². The highest BCUT2D eigenvalue weighted by atomic mass is 35.5. The molecule has 1 heterocycles. The third kappa shape index (κ3) is 8.66. The fraction of sp³-hybridized carbons (Fsp3) is 0.290. The summed E-state index contributed by atoms with van der Waals surface area (Å²) >= 11 is 12.3. The Kier molecular flexibility index (Phi) is 10.3. The van der Waals surface area contributed by atoms with Gasteiger partial charge in [0.1, 0.15) is 18.1 Å². The Hall–Kier alpha value is -3.68. The van der Waals surface area contributed by atoms with E-state index in [9.17, 15) is 4.79 Å². The predicted molar refractivity (Wildman–Crippen MR) is 156 cm³/mol. The SMILES string of the molecule is CC(C)Oc1cc(CCCOc2cc(CCC(=O)O)n(-c3ccccc3)n2)cc(COc2ccc(Cl)cc2Cl)c1. The van der Waals surface area contributed by atoms with Crippen LogP contribution in [-0.2, 0) is 24.2 Å². The van der Waals surface area contributed by atoms with Crippen molar-refractivity contribution in [3.05, 3.63) is 99.7 Å². The fourth-order valence-electron chi connectivity index (χ4n) is 4.17. The largest absolute Gasteiger partial charge is 0.491 e. The molecule has 3 aromatic carbocycles. The van der Waals surface area contributed by atoms with Crippen LogP contribution in [0, 0.1) is 0 Å². The Morgan fingerprint density at radius 1 is 0.950 bits per heavy atom. The van der Waals surface area contributed by atoms with Crippen LogP contribution < -0.4 is 14.2 Å². The predicted octanol–water partition coefficient (Wildman–Crippen LogP) is 7.57. The van der Waals surface area contributed by atoms with E-state index in [0.29, 0.717) is 41.3 Å². The zero-order chi connectivity index (χ0) is 28.5. The first kappa shape index (κ1) is 29.3. The number of ether oxygens (including phenoxy) is 3. The lowest BCUT2D eigenvalue weighted by molar-refractivity contribution is -0.136. The quantitative estimate of drug-likeness (QED) is 0.154. The molecule has 0 atom stereocenters. The number of benzene rings is 3. The second-order valence-corrected chi connectivity index (χ2v) is 10.4. The molecule has 9 heteroatoms. The third-order valence-corrected chi connectivity index (χ3v) is 6.43. The first-order chi connectivity index (χ1) is 19.3. The van der Waals surface area contributed by atoms with Gasteiger partial charge in [-0.3, -0.25) is 4.79 Å². The van der Waals surface area contributed by atoms with Gasteiger partial charge in [0, 0.05) is 23.2 Å². The van der Waals surface area contributed by atoms with Gasteiger partial charge in [-0.15, -0.1) is 5.10 Å². The number of nitrogens with zero attached hydrogens (tertiary/aromatic N) is 2. The van der Waals surface area contributed by atoms with Gasteiger partial charge in [0.25, 0.3) is 0 Å². The molecule has 7 nitrogen and oxygen atoms in total. The van der Waals surface area contributed by atoms with Crippen molar-refractivity contribution in [3.63, 3.8) is 0 Å². The zero-order valence-corrected chi connectivity index (χ0v) is 24.0. The average molecular weight is 584 g/mol. The maximum atomic E-state index is 11.1. The number of carboxylic acid groups (broad SMARTS) is 1. The molecule has 0 aliphatic carbocycles. The summed E-state index contributed by atoms with van der Waals surface area (Å²) < 4.78 is 19.6. The number of halogens is 2. The number of hydrogen-bond acceptors (Lipinski definition) is 5. The minimum Gasteiger partial charge on any atom is -0.491 e. The van der Waals surface area contributed by atoms with E-state index in [1.807, 2.05) is 62.4 Å². The summed E-state index contributed by atoms with van der Waals surface area (Å²) in [6.07, 6.45) is 1.91. The van der Waals surface area contributed by atoms with Crippen molar-refractivity contribution >= 4 is 29.2 Å². The van der Waals surface area contributed by atoms with Gasteiger partial charge in [0.05, 0.1) is 29.8 Å². The van der Waals surface area contributed by atoms with Crippen molar-refractivity contribution in [1.29, 1.82) is 0 Å². The third-order valence-electron chi connectivity index (χ3n) is 5.90. The number of rotatable bonds is 14. The molecule has 1 aromatic heterocycles. The highest BCUT2D eigenvalue weighted by Crippen LogP contribution is 2.29. The molecule has 0 saturated heterocycles. The van der Waals surface area contributed by atoms with Crippen molar-refractivity contribution in [3.8, 4) is 23.1 Å². The summed E-state index contributed by atoms with van der Waals surface area (Å²) in [5.41, 5.74) is 3.70. The van der Waals surface area contributed by atoms with Crippen LogP contribution in [0.4, 0.5) is 0 Å². The van der Waals surface area contributed by atoms with E-state index in [1.54, 1.807) is 22.9 Å². The van der Waals surface area contributed by atoms with Gasteiger partial charge in [-0.25, -0.2) is 4.68 Å². The normalized spacial score (nSPS) is 11.0. The van der Waals surface area contributed by atoms with Crippen LogP contribution in [0.15, 0.2) is 72.8 Å². The van der Waals surface area contributed by atoms with E-state index >= 15 is 0 Å². The summed E-state index contributed by atoms with van der Waals surface area (Å²) in [6, 6.07) is 22.7. The van der Waals surface area contributed by atoms with Crippen LogP contribution in [0.3, 0.4) is 0 Å². The standard InChI is InChI=1S/C31H32Cl2N2O5/c1-21(2)40-27-16-22(15-23(17-27)20-39-29-12-10-24(32)18-28(29)33)7-6-14-38-30-19-26(11-13-31(36)37)35(34-30)25-8-4-3-5-9-25/h3-5,8-10,12,15-19,21H,6-7,11,13-14,20H2,1-2H3,(H,36,37). The van der Waals surface area contributed by atoms with E-state index in [2.05, 4.69) is 11.2 Å². The van der Waals surface area contributed by atoms with Crippen LogP contribution >= 0.6 is 23.2 Å². The molecular formula is C31H32Cl2N2O5. The number of hydrogen-bond donors (Lipinski definition) is 1. The Morgan fingerprint density at radius 2 is 1.73 bits per heavy atom. The number of carbonyl (C=O) groups is 1. The molecule has 4 rings (SSSR count). The Labute approximate surface area is 244 Å². The number of para-hydroxylation sites is 1. The molecule has 0 saturated carbocycles. The molecule has 210 valence electrons. The molecule has 0 bridgehead atoms. The first-order valence-corrected chi connectivity index (χ1v) is 13.9. The van der Waals surface area contributed by atoms with Crippen molar-refractivity contribution in [2.75, 3.05) is 6.61 Å². The van der Waals surface area contributed by atoms with Gasteiger partial charge in [-0.2, -0.15) is 0 Å². The molecule has 0 aliphatic rings. The van der Waals surface area contributed by atoms with Gasteiger partial charge >= 0.3 is 5.97 Å². The lowest BCUT2D eigenvalue weighted by atomic mass is 10.1. The topological polar surface area (TPSA) is 82.8 Å². The highest BCUT2D eigenvalue weighted by Gasteiger charge is 2.13. The van der Waals surface area contributed by atoms with Gasteiger partial charge in [-0.1, -0.05) is 47.5 Å². The summed E-state index contributed by atoms with van der Waals surface area (Å²) in [6.45, 7) is 4.76. The Balaban J connectivity index is 1.40. The molecule has 1 N–H and O–H groups in total. The van der Waals surface area contributed by atoms with Gasteiger partial charge in [-0.05, 0) is 80.3 Å². The Morgan fingerprint density at radius 3 is 2.45 bits per heavy atom. The second kappa shape index (κ2) is 14.1. The molecule has 0 aliphatic heterocycles. The molecular weight excluding hydrogens is 551 g/mol. The summed E-state index contributed by atoms with van der Waals surface area (Å²) in [5.74, 6) is 0.954. The van der Waals surface area contributed by atoms with Gasteiger partial charge in [0.2, 0.25) is 5.88 Å². The molecule has 0 fully saturated rings. The smallest absolute Gasteiger partial charge is 0.303 e. The molecule has 0 radical (unpaired) electrons. The minimum atomic E-state index is -0.854. The number of carboxylic acids is 1. The number of aromatic nitrogens is 2. The molecule has 4 aromatic rings.